The second-order valence-corrected chi connectivity index (χ2v) is 7.92. The second-order valence-electron chi connectivity index (χ2n) is 6.16. The molecule has 142 valence electrons. The zero-order chi connectivity index (χ0) is 19.4. The van der Waals surface area contributed by atoms with Gasteiger partial charge in [-0.2, -0.15) is 0 Å². The van der Waals surface area contributed by atoms with Crippen LogP contribution in [-0.4, -0.2) is 32.7 Å². The minimum absolute atomic E-state index is 0.130. The smallest absolute Gasteiger partial charge is 0.350 e. The van der Waals surface area contributed by atoms with Crippen molar-refractivity contribution in [2.75, 3.05) is 11.9 Å². The fourth-order valence-corrected chi connectivity index (χ4v) is 3.21. The summed E-state index contributed by atoms with van der Waals surface area (Å²) in [5.74, 6) is -2.89. The van der Waals surface area contributed by atoms with Gasteiger partial charge in [0.2, 0.25) is 10.0 Å². The summed E-state index contributed by atoms with van der Waals surface area (Å²) in [6.45, 7) is 5.27. The SMILES string of the molecule is CCCCNS(=O)(=O)c1ccc(NC=C2C(=O)OC(C)(C)OC2=O)cc1. The summed E-state index contributed by atoms with van der Waals surface area (Å²) in [6, 6.07) is 5.90. The molecule has 8 nitrogen and oxygen atoms in total. The number of rotatable bonds is 7. The minimum atomic E-state index is -3.56. The lowest BCUT2D eigenvalue weighted by Gasteiger charge is -2.29. The summed E-state index contributed by atoms with van der Waals surface area (Å²) in [4.78, 5) is 23.8. The van der Waals surface area contributed by atoms with Crippen LogP contribution in [0.4, 0.5) is 5.69 Å². The van der Waals surface area contributed by atoms with Crippen LogP contribution in [0.1, 0.15) is 33.6 Å². The summed E-state index contributed by atoms with van der Waals surface area (Å²) in [5.41, 5.74) is 0.220. The third-order valence-electron chi connectivity index (χ3n) is 3.49. The Morgan fingerprint density at radius 2 is 1.65 bits per heavy atom. The molecule has 0 saturated carbocycles. The molecule has 1 aromatic carbocycles. The zero-order valence-corrected chi connectivity index (χ0v) is 15.7. The van der Waals surface area contributed by atoms with E-state index >= 15 is 0 Å². The first kappa shape index (κ1) is 19.9. The van der Waals surface area contributed by atoms with Crippen LogP contribution in [0.2, 0.25) is 0 Å². The molecule has 0 radical (unpaired) electrons. The zero-order valence-electron chi connectivity index (χ0n) is 14.9. The maximum absolute atomic E-state index is 12.1. The number of carbonyl (C=O) groups is 2. The van der Waals surface area contributed by atoms with Crippen LogP contribution in [0.15, 0.2) is 40.9 Å². The number of unbranched alkanes of at least 4 members (excludes halogenated alkanes) is 1. The Morgan fingerprint density at radius 3 is 2.19 bits per heavy atom. The summed E-state index contributed by atoms with van der Waals surface area (Å²) in [7, 11) is -3.56. The summed E-state index contributed by atoms with van der Waals surface area (Å²) in [5, 5.41) is 2.75. The van der Waals surface area contributed by atoms with E-state index in [1.54, 1.807) is 0 Å². The highest BCUT2D eigenvalue weighted by Crippen LogP contribution is 2.23. The monoisotopic (exact) mass is 382 g/mol. The highest BCUT2D eigenvalue weighted by molar-refractivity contribution is 7.89. The molecule has 0 spiro atoms. The van der Waals surface area contributed by atoms with E-state index in [-0.39, 0.29) is 10.5 Å². The van der Waals surface area contributed by atoms with Crippen molar-refractivity contribution in [3.8, 4) is 0 Å². The van der Waals surface area contributed by atoms with Crippen LogP contribution in [0.25, 0.3) is 0 Å². The molecule has 0 amide bonds. The van der Waals surface area contributed by atoms with E-state index in [9.17, 15) is 18.0 Å². The van der Waals surface area contributed by atoms with Crippen LogP contribution < -0.4 is 10.0 Å². The molecule has 1 heterocycles. The van der Waals surface area contributed by atoms with Crippen LogP contribution in [0.5, 0.6) is 0 Å². The third-order valence-corrected chi connectivity index (χ3v) is 4.96. The predicted octanol–water partition coefficient (Wildman–Crippen LogP) is 1.90. The maximum Gasteiger partial charge on any atom is 0.350 e. The molecule has 1 saturated heterocycles. The van der Waals surface area contributed by atoms with Gasteiger partial charge < -0.3 is 14.8 Å². The molecule has 26 heavy (non-hydrogen) atoms. The van der Waals surface area contributed by atoms with Crippen molar-refractivity contribution in [1.82, 2.24) is 4.72 Å². The van der Waals surface area contributed by atoms with Gasteiger partial charge >= 0.3 is 11.9 Å². The first-order valence-electron chi connectivity index (χ1n) is 8.18. The van der Waals surface area contributed by atoms with E-state index in [4.69, 9.17) is 9.47 Å². The second kappa shape index (κ2) is 7.88. The van der Waals surface area contributed by atoms with Crippen molar-refractivity contribution >= 4 is 27.6 Å². The van der Waals surface area contributed by atoms with Gasteiger partial charge in [0.25, 0.3) is 5.79 Å². The fraction of sp³-hybridized carbons (Fsp3) is 0.412. The number of carbonyl (C=O) groups excluding carboxylic acids is 2. The normalized spacial score (nSPS) is 16.7. The van der Waals surface area contributed by atoms with Crippen molar-refractivity contribution in [3.63, 3.8) is 0 Å². The summed E-state index contributed by atoms with van der Waals surface area (Å²) >= 11 is 0. The topological polar surface area (TPSA) is 111 Å². The van der Waals surface area contributed by atoms with Gasteiger partial charge in [0.15, 0.2) is 5.57 Å². The third kappa shape index (κ3) is 5.06. The molecule has 2 rings (SSSR count). The number of nitrogens with one attached hydrogen (secondary N) is 2. The lowest BCUT2D eigenvalue weighted by atomic mass is 10.2. The molecule has 1 aromatic rings. The van der Waals surface area contributed by atoms with E-state index in [0.717, 1.165) is 12.8 Å². The fourth-order valence-electron chi connectivity index (χ4n) is 2.13. The highest BCUT2D eigenvalue weighted by Gasteiger charge is 2.38. The maximum atomic E-state index is 12.1. The Hall–Kier alpha value is -2.39. The molecule has 1 aliphatic rings. The Bertz CT molecular complexity index is 790. The van der Waals surface area contributed by atoms with Crippen LogP contribution >= 0.6 is 0 Å². The molecule has 0 aliphatic carbocycles. The Labute approximate surface area is 152 Å². The van der Waals surface area contributed by atoms with Gasteiger partial charge in [0, 0.05) is 32.3 Å². The average molecular weight is 382 g/mol. The lowest BCUT2D eigenvalue weighted by molar-refractivity contribution is -0.222. The van der Waals surface area contributed by atoms with Gasteiger partial charge in [-0.15, -0.1) is 0 Å². The number of anilines is 1. The standard InChI is InChI=1S/C17H22N2O6S/c1-4-5-10-19-26(22,23)13-8-6-12(7-9-13)18-11-14-15(20)24-17(2,3)25-16(14)21/h6-9,11,18-19H,4-5,10H2,1-3H3. The number of esters is 2. The molecule has 0 atom stereocenters. The van der Waals surface area contributed by atoms with Crippen molar-refractivity contribution in [3.05, 3.63) is 36.0 Å². The number of sulfonamides is 1. The van der Waals surface area contributed by atoms with E-state index < -0.39 is 27.7 Å². The first-order chi connectivity index (χ1) is 12.1. The Kier molecular flexibility index (Phi) is 6.04. The quantitative estimate of drug-likeness (QED) is 0.321. The minimum Gasteiger partial charge on any atom is -0.419 e. The molecular weight excluding hydrogens is 360 g/mol. The molecular formula is C17H22N2O6S. The Morgan fingerprint density at radius 1 is 1.08 bits per heavy atom. The number of ether oxygens (including phenoxy) is 2. The van der Waals surface area contributed by atoms with Gasteiger partial charge in [-0.05, 0) is 30.7 Å². The van der Waals surface area contributed by atoms with E-state index in [2.05, 4.69) is 10.0 Å². The van der Waals surface area contributed by atoms with Crippen molar-refractivity contribution in [1.29, 1.82) is 0 Å². The van der Waals surface area contributed by atoms with E-state index in [1.165, 1.54) is 44.3 Å². The molecule has 1 fully saturated rings. The molecule has 1 aliphatic heterocycles. The first-order valence-corrected chi connectivity index (χ1v) is 9.66. The van der Waals surface area contributed by atoms with Crippen molar-refractivity contribution in [2.45, 2.75) is 44.3 Å². The van der Waals surface area contributed by atoms with Gasteiger partial charge in [0.1, 0.15) is 0 Å². The highest BCUT2D eigenvalue weighted by atomic mass is 32.2. The van der Waals surface area contributed by atoms with E-state index in [0.29, 0.717) is 12.2 Å². The molecule has 2 N–H and O–H groups in total. The van der Waals surface area contributed by atoms with Gasteiger partial charge in [0.05, 0.1) is 4.90 Å². The number of hydrogen-bond donors (Lipinski definition) is 2. The van der Waals surface area contributed by atoms with Gasteiger partial charge in [-0.1, -0.05) is 13.3 Å². The lowest BCUT2D eigenvalue weighted by Crippen LogP contribution is -2.42. The van der Waals surface area contributed by atoms with Crippen molar-refractivity contribution < 1.29 is 27.5 Å². The van der Waals surface area contributed by atoms with E-state index in [1.807, 2.05) is 6.92 Å². The van der Waals surface area contributed by atoms with Crippen LogP contribution in [0.3, 0.4) is 0 Å². The number of benzene rings is 1. The predicted molar refractivity (Wildman–Crippen MR) is 94.5 cm³/mol. The van der Waals surface area contributed by atoms with Crippen molar-refractivity contribution in [2.24, 2.45) is 0 Å². The Balaban J connectivity index is 2.06. The molecule has 0 unspecified atom stereocenters. The number of hydrogen-bond acceptors (Lipinski definition) is 7. The van der Waals surface area contributed by atoms with Crippen LogP contribution in [0, 0.1) is 0 Å². The largest absolute Gasteiger partial charge is 0.419 e. The molecule has 0 aromatic heterocycles. The van der Waals surface area contributed by atoms with Gasteiger partial charge in [-0.3, -0.25) is 0 Å². The summed E-state index contributed by atoms with van der Waals surface area (Å²) < 4.78 is 36.7. The van der Waals surface area contributed by atoms with Gasteiger partial charge in [-0.25, -0.2) is 22.7 Å². The molecule has 9 heteroatoms. The van der Waals surface area contributed by atoms with Crippen LogP contribution in [-0.2, 0) is 29.1 Å². The average Bonchev–Trinajstić information content (AvgIpc) is 2.53. The summed E-state index contributed by atoms with van der Waals surface area (Å²) in [6.07, 6.45) is 2.82. The molecule has 0 bridgehead atoms. The number of cyclic esters (lactones) is 2.